The molecule has 0 aliphatic heterocycles. The summed E-state index contributed by atoms with van der Waals surface area (Å²) in [5, 5.41) is 17.5. The Labute approximate surface area is 217 Å². The van der Waals surface area contributed by atoms with Gasteiger partial charge in [0.1, 0.15) is 18.1 Å². The zero-order chi connectivity index (χ0) is 27.5. The van der Waals surface area contributed by atoms with Crippen molar-refractivity contribution < 1.29 is 24.3 Å². The number of carboxylic acids is 1. The number of hydrogen-bond donors (Lipinski definition) is 6. The van der Waals surface area contributed by atoms with E-state index in [4.69, 9.17) is 5.73 Å². The van der Waals surface area contributed by atoms with Crippen LogP contribution in [0.4, 0.5) is 0 Å². The first-order valence-corrected chi connectivity index (χ1v) is 12.4. The second-order valence-electron chi connectivity index (χ2n) is 9.89. The predicted octanol–water partition coefficient (Wildman–Crippen LogP) is 0.763. The van der Waals surface area contributed by atoms with Gasteiger partial charge < -0.3 is 31.8 Å². The summed E-state index contributed by atoms with van der Waals surface area (Å²) in [5.74, 6) is -3.01. The van der Waals surface area contributed by atoms with Crippen molar-refractivity contribution in [2.75, 3.05) is 0 Å². The number of carboxylic acid groups (broad SMARTS) is 1. The number of imidazole rings is 1. The normalized spacial score (nSPS) is 14.5. The minimum absolute atomic E-state index is 0.0256. The van der Waals surface area contributed by atoms with Crippen molar-refractivity contribution in [2.24, 2.45) is 17.6 Å². The van der Waals surface area contributed by atoms with Gasteiger partial charge in [-0.25, -0.2) is 9.78 Å². The van der Waals surface area contributed by atoms with E-state index in [1.54, 1.807) is 13.8 Å². The molecule has 0 radical (unpaired) electrons. The molecule has 1 aromatic heterocycles. The van der Waals surface area contributed by atoms with Crippen LogP contribution in [-0.4, -0.2) is 62.9 Å². The first-order chi connectivity index (χ1) is 17.5. The van der Waals surface area contributed by atoms with Crippen LogP contribution in [0.2, 0.25) is 0 Å². The Kier molecular flexibility index (Phi) is 11.3. The number of carbonyl (C=O) groups is 4. The van der Waals surface area contributed by atoms with Gasteiger partial charge in [0, 0.05) is 24.7 Å². The summed E-state index contributed by atoms with van der Waals surface area (Å²) >= 11 is 0. The average Bonchev–Trinajstić information content (AvgIpc) is 3.35. The van der Waals surface area contributed by atoms with Gasteiger partial charge in [0.2, 0.25) is 17.7 Å². The van der Waals surface area contributed by atoms with Crippen LogP contribution in [0.25, 0.3) is 0 Å². The molecule has 1 heterocycles. The van der Waals surface area contributed by atoms with E-state index in [2.05, 4.69) is 25.9 Å². The molecular formula is C26H38N6O5. The lowest BCUT2D eigenvalue weighted by Crippen LogP contribution is -2.58. The number of carbonyl (C=O) groups excluding carboxylic acids is 3. The van der Waals surface area contributed by atoms with E-state index in [9.17, 15) is 24.3 Å². The van der Waals surface area contributed by atoms with Gasteiger partial charge in [0.05, 0.1) is 12.4 Å². The minimum atomic E-state index is -1.16. The van der Waals surface area contributed by atoms with E-state index < -0.39 is 47.9 Å². The van der Waals surface area contributed by atoms with Gasteiger partial charge in [-0.3, -0.25) is 14.4 Å². The maximum Gasteiger partial charge on any atom is 0.326 e. The van der Waals surface area contributed by atoms with E-state index in [0.29, 0.717) is 5.69 Å². The molecule has 4 unspecified atom stereocenters. The summed E-state index contributed by atoms with van der Waals surface area (Å²) in [4.78, 5) is 57.9. The highest BCUT2D eigenvalue weighted by atomic mass is 16.4. The minimum Gasteiger partial charge on any atom is -0.480 e. The number of aliphatic carboxylic acids is 1. The van der Waals surface area contributed by atoms with Crippen molar-refractivity contribution in [1.82, 2.24) is 25.9 Å². The molecule has 7 N–H and O–H groups in total. The highest BCUT2D eigenvalue weighted by Crippen LogP contribution is 2.09. The lowest BCUT2D eigenvalue weighted by Gasteiger charge is -2.26. The summed E-state index contributed by atoms with van der Waals surface area (Å²) in [7, 11) is 0. The van der Waals surface area contributed by atoms with Crippen LogP contribution < -0.4 is 21.7 Å². The van der Waals surface area contributed by atoms with Gasteiger partial charge in [0.15, 0.2) is 0 Å². The number of aromatic nitrogens is 2. The molecule has 1 aromatic carbocycles. The monoisotopic (exact) mass is 514 g/mol. The summed E-state index contributed by atoms with van der Waals surface area (Å²) < 4.78 is 0. The summed E-state index contributed by atoms with van der Waals surface area (Å²) in [6, 6.07) is 5.08. The van der Waals surface area contributed by atoms with Crippen molar-refractivity contribution in [1.29, 1.82) is 0 Å². The summed E-state index contributed by atoms with van der Waals surface area (Å²) in [6.45, 7) is 7.31. The van der Waals surface area contributed by atoms with Crippen LogP contribution in [0.3, 0.4) is 0 Å². The molecule has 2 aromatic rings. The van der Waals surface area contributed by atoms with Gasteiger partial charge in [-0.1, -0.05) is 58.0 Å². The number of nitrogens with two attached hydrogens (primary N) is 1. The Morgan fingerprint density at radius 1 is 0.892 bits per heavy atom. The molecule has 3 amide bonds. The van der Waals surface area contributed by atoms with Crippen molar-refractivity contribution >= 4 is 23.7 Å². The van der Waals surface area contributed by atoms with Gasteiger partial charge >= 0.3 is 5.97 Å². The molecule has 0 bridgehead atoms. The van der Waals surface area contributed by atoms with Gasteiger partial charge in [-0.05, 0) is 23.8 Å². The Bertz CT molecular complexity index is 1030. The molecule has 0 saturated heterocycles. The second kappa shape index (κ2) is 14.1. The SMILES string of the molecule is CC(C)CC(NC(=O)C(Cc1cnc[nH]1)NC(=O)C(Cc1ccccc1)NC(=O)C(N)C(C)C)C(=O)O. The van der Waals surface area contributed by atoms with Gasteiger partial charge in [0.25, 0.3) is 0 Å². The van der Waals surface area contributed by atoms with Gasteiger partial charge in [-0.2, -0.15) is 0 Å². The number of nitrogens with one attached hydrogen (secondary N) is 4. The standard InChI is InChI=1S/C26H38N6O5/c1-15(2)10-21(26(36)37)32-24(34)20(12-18-13-28-14-29-18)30-23(33)19(11-17-8-6-5-7-9-17)31-25(35)22(27)16(3)4/h5-9,13-16,19-22H,10-12,27H2,1-4H3,(H,28,29)(H,30,33)(H,31,35)(H,32,34)(H,36,37). The third-order valence-corrected chi connectivity index (χ3v) is 5.87. The fourth-order valence-electron chi connectivity index (χ4n) is 3.69. The number of H-pyrrole nitrogens is 1. The van der Waals surface area contributed by atoms with E-state index in [-0.39, 0.29) is 31.1 Å². The molecular weight excluding hydrogens is 476 g/mol. The fraction of sp³-hybridized carbons (Fsp3) is 0.500. The first kappa shape index (κ1) is 29.5. The summed E-state index contributed by atoms with van der Waals surface area (Å²) in [5.41, 5.74) is 7.37. The molecule has 11 heteroatoms. The van der Waals surface area contributed by atoms with Crippen molar-refractivity contribution in [3.8, 4) is 0 Å². The molecule has 2 rings (SSSR count). The Hall–Kier alpha value is -3.73. The fourth-order valence-corrected chi connectivity index (χ4v) is 3.69. The van der Waals surface area contributed by atoms with Crippen molar-refractivity contribution in [2.45, 2.75) is 71.1 Å². The first-order valence-electron chi connectivity index (χ1n) is 12.4. The number of amides is 3. The van der Waals surface area contributed by atoms with Crippen LogP contribution in [0.5, 0.6) is 0 Å². The maximum absolute atomic E-state index is 13.4. The zero-order valence-electron chi connectivity index (χ0n) is 21.7. The molecule has 0 spiro atoms. The summed E-state index contributed by atoms with van der Waals surface area (Å²) in [6.07, 6.45) is 3.40. The lowest BCUT2D eigenvalue weighted by atomic mass is 10.0. The highest BCUT2D eigenvalue weighted by Gasteiger charge is 2.31. The zero-order valence-corrected chi connectivity index (χ0v) is 21.7. The topological polar surface area (TPSA) is 179 Å². The van der Waals surface area contributed by atoms with Crippen LogP contribution in [0.1, 0.15) is 45.4 Å². The van der Waals surface area contributed by atoms with Crippen LogP contribution >= 0.6 is 0 Å². The molecule has 0 aliphatic rings. The molecule has 202 valence electrons. The highest BCUT2D eigenvalue weighted by molar-refractivity contribution is 5.94. The molecule has 4 atom stereocenters. The third-order valence-electron chi connectivity index (χ3n) is 5.87. The van der Waals surface area contributed by atoms with E-state index in [0.717, 1.165) is 5.56 Å². The van der Waals surface area contributed by atoms with E-state index in [1.165, 1.54) is 12.5 Å². The second-order valence-corrected chi connectivity index (χ2v) is 9.89. The van der Waals surface area contributed by atoms with Crippen LogP contribution in [0.15, 0.2) is 42.9 Å². The van der Waals surface area contributed by atoms with E-state index >= 15 is 0 Å². The van der Waals surface area contributed by atoms with Crippen molar-refractivity contribution in [3.63, 3.8) is 0 Å². The molecule has 37 heavy (non-hydrogen) atoms. The number of rotatable bonds is 14. The van der Waals surface area contributed by atoms with Gasteiger partial charge in [-0.15, -0.1) is 0 Å². The third kappa shape index (κ3) is 9.68. The largest absolute Gasteiger partial charge is 0.480 e. The number of nitrogens with zero attached hydrogens (tertiary/aromatic N) is 1. The molecule has 0 aliphatic carbocycles. The predicted molar refractivity (Wildman–Crippen MR) is 138 cm³/mol. The Morgan fingerprint density at radius 2 is 1.46 bits per heavy atom. The molecule has 0 fully saturated rings. The van der Waals surface area contributed by atoms with Crippen molar-refractivity contribution in [3.05, 3.63) is 54.1 Å². The van der Waals surface area contributed by atoms with E-state index in [1.807, 2.05) is 44.2 Å². The van der Waals surface area contributed by atoms with Crippen LogP contribution in [0, 0.1) is 11.8 Å². The number of aromatic amines is 1. The molecule has 11 nitrogen and oxygen atoms in total. The molecule has 0 saturated carbocycles. The maximum atomic E-state index is 13.4. The quantitative estimate of drug-likeness (QED) is 0.215. The number of hydrogen-bond acceptors (Lipinski definition) is 6. The Balaban J connectivity index is 2.27. The lowest BCUT2D eigenvalue weighted by molar-refractivity contribution is -0.142. The average molecular weight is 515 g/mol. The van der Waals surface area contributed by atoms with Crippen LogP contribution in [-0.2, 0) is 32.0 Å². The number of benzene rings is 1. The Morgan fingerprint density at radius 3 is 1.97 bits per heavy atom. The smallest absolute Gasteiger partial charge is 0.326 e.